The summed E-state index contributed by atoms with van der Waals surface area (Å²) in [7, 11) is 1.25. The van der Waals surface area contributed by atoms with Gasteiger partial charge in [0.15, 0.2) is 0 Å². The predicted octanol–water partition coefficient (Wildman–Crippen LogP) is 15.1. The summed E-state index contributed by atoms with van der Waals surface area (Å²) >= 11 is 0. The summed E-state index contributed by atoms with van der Waals surface area (Å²) in [6, 6.07) is -0.831. The number of phosphoric acid groups is 1. The van der Waals surface area contributed by atoms with Crippen molar-refractivity contribution in [3.63, 3.8) is 0 Å². The van der Waals surface area contributed by atoms with Crippen LogP contribution < -0.4 is 10.2 Å². The van der Waals surface area contributed by atoms with E-state index in [1.54, 1.807) is 0 Å². The first-order valence-electron chi connectivity index (χ1n) is 26.2. The number of amides is 1. The second kappa shape index (κ2) is 48.4. The second-order valence-electron chi connectivity index (χ2n) is 18.1. The molecule has 68 heavy (non-hydrogen) atoms. The molecule has 0 aromatic rings. The van der Waals surface area contributed by atoms with Gasteiger partial charge in [-0.15, -0.1) is 0 Å². The van der Waals surface area contributed by atoms with Gasteiger partial charge in [-0.2, -0.15) is 0 Å². The maximum absolute atomic E-state index is 12.8. The minimum atomic E-state index is -4.58. The molecule has 3 atom stereocenters. The molecule has 0 spiro atoms. The predicted molar refractivity (Wildman–Crippen MR) is 292 cm³/mol. The molecule has 9 heteroatoms. The fourth-order valence-electron chi connectivity index (χ4n) is 6.49. The molecule has 384 valence electrons. The first kappa shape index (κ1) is 64.4. The van der Waals surface area contributed by atoms with Gasteiger partial charge in [0.25, 0.3) is 7.82 Å². The van der Waals surface area contributed by atoms with Gasteiger partial charge in [0.05, 0.1) is 39.9 Å². The largest absolute Gasteiger partial charge is 0.756 e. The molecule has 0 rings (SSSR count). The van der Waals surface area contributed by atoms with E-state index in [2.05, 4.69) is 165 Å². The molecule has 0 radical (unpaired) electrons. The van der Waals surface area contributed by atoms with E-state index >= 15 is 0 Å². The van der Waals surface area contributed by atoms with Gasteiger partial charge < -0.3 is 28.8 Å². The van der Waals surface area contributed by atoms with Crippen molar-refractivity contribution in [3.05, 3.63) is 146 Å². The molecule has 0 aliphatic heterocycles. The lowest BCUT2D eigenvalue weighted by molar-refractivity contribution is -0.870. The molecule has 2 N–H and O–H groups in total. The molecule has 1 amide bonds. The lowest BCUT2D eigenvalue weighted by Crippen LogP contribution is -2.46. The number of nitrogens with zero attached hydrogens (tertiary/aromatic N) is 1. The first-order valence-corrected chi connectivity index (χ1v) is 27.6. The van der Waals surface area contributed by atoms with Crippen molar-refractivity contribution in [1.29, 1.82) is 0 Å². The molecule has 0 aliphatic carbocycles. The zero-order valence-electron chi connectivity index (χ0n) is 43.5. The van der Waals surface area contributed by atoms with E-state index in [9.17, 15) is 19.4 Å². The van der Waals surface area contributed by atoms with Gasteiger partial charge in [-0.05, 0) is 103 Å². The molecular formula is C59H97N2O6P. The van der Waals surface area contributed by atoms with Crippen molar-refractivity contribution in [2.24, 2.45) is 0 Å². The minimum Gasteiger partial charge on any atom is -0.756 e. The topological polar surface area (TPSA) is 108 Å². The van der Waals surface area contributed by atoms with Crippen LogP contribution in [-0.4, -0.2) is 68.5 Å². The van der Waals surface area contributed by atoms with Gasteiger partial charge in [-0.1, -0.05) is 205 Å². The van der Waals surface area contributed by atoms with Gasteiger partial charge in [-0.25, -0.2) is 0 Å². The molecule has 0 aliphatic rings. The zero-order chi connectivity index (χ0) is 49.9. The van der Waals surface area contributed by atoms with E-state index in [1.807, 2.05) is 21.1 Å². The van der Waals surface area contributed by atoms with E-state index in [4.69, 9.17) is 9.05 Å². The van der Waals surface area contributed by atoms with Crippen molar-refractivity contribution in [2.75, 3.05) is 40.9 Å². The highest BCUT2D eigenvalue weighted by Gasteiger charge is 2.24. The zero-order valence-corrected chi connectivity index (χ0v) is 44.4. The Morgan fingerprint density at radius 2 is 0.897 bits per heavy atom. The molecule has 3 unspecified atom stereocenters. The lowest BCUT2D eigenvalue weighted by Gasteiger charge is -2.30. The van der Waals surface area contributed by atoms with Gasteiger partial charge >= 0.3 is 0 Å². The van der Waals surface area contributed by atoms with Crippen LogP contribution in [0.5, 0.6) is 0 Å². The average Bonchev–Trinajstić information content (AvgIpc) is 3.30. The molecule has 0 heterocycles. The number of carbonyl (C=O) groups excluding carboxylic acids is 1. The highest BCUT2D eigenvalue weighted by atomic mass is 31.2. The second-order valence-corrected chi connectivity index (χ2v) is 19.6. The number of rotatable bonds is 45. The lowest BCUT2D eigenvalue weighted by atomic mass is 10.0. The molecule has 0 fully saturated rings. The van der Waals surface area contributed by atoms with Crippen LogP contribution in [0, 0.1) is 0 Å². The summed E-state index contributed by atoms with van der Waals surface area (Å²) < 4.78 is 23.1. The van der Waals surface area contributed by atoms with Crippen LogP contribution in [-0.2, 0) is 18.4 Å². The van der Waals surface area contributed by atoms with E-state index < -0.39 is 20.0 Å². The highest BCUT2D eigenvalue weighted by Crippen LogP contribution is 2.38. The van der Waals surface area contributed by atoms with E-state index in [-0.39, 0.29) is 19.1 Å². The van der Waals surface area contributed by atoms with Crippen LogP contribution in [0.3, 0.4) is 0 Å². The third-order valence-corrected chi connectivity index (χ3v) is 11.6. The standard InChI is InChI=1S/C59H97N2O6P/c1-6-8-10-12-14-15-16-17-18-19-20-21-22-23-24-25-26-27-28-29-30-31-32-33-34-35-36-37-38-39-40-41-42-43-44-45-47-49-51-53-59(63)60-57(58(62)52-50-48-46-13-11-9-7-2)56-67-68(64,65)66-55-54-61(3,4)5/h8,10,14-15,17-18,20-21,23-24,26-27,29-30,32-33,35-36,38-39,41-42,44-45,57-58,62H,6-7,9,11-13,16,19,22,25,28,31,34,37,40,43,46-56H2,1-5H3,(H-,60,63,64,65)/b10-8-,15-14-,18-17-,21-20-,24-23-,27-26-,30-29-,33-32-,36-35-,39-38-,42-41-,45-44-. The summed E-state index contributed by atoms with van der Waals surface area (Å²) in [4.78, 5) is 25.2. The fraction of sp³-hybridized carbons (Fsp3) is 0.576. The van der Waals surface area contributed by atoms with Crippen LogP contribution in [0.25, 0.3) is 0 Å². The van der Waals surface area contributed by atoms with Crippen molar-refractivity contribution in [1.82, 2.24) is 5.32 Å². The molecule has 0 aromatic carbocycles. The number of unbranched alkanes of at least 4 members (excludes halogenated alkanes) is 8. The summed E-state index contributed by atoms with van der Waals surface area (Å²) in [5.41, 5.74) is 0. The number of likely N-dealkylation sites (N-methyl/N-ethyl adjacent to an activating group) is 1. The normalized spacial score (nSPS) is 15.2. The van der Waals surface area contributed by atoms with Crippen molar-refractivity contribution >= 4 is 13.7 Å². The van der Waals surface area contributed by atoms with E-state index in [0.29, 0.717) is 30.3 Å². The maximum Gasteiger partial charge on any atom is 0.268 e. The molecule has 8 nitrogen and oxygen atoms in total. The number of carbonyl (C=O) groups is 1. The quantitative estimate of drug-likeness (QED) is 0.0272. The third kappa shape index (κ3) is 50.3. The van der Waals surface area contributed by atoms with E-state index in [1.165, 1.54) is 25.7 Å². The van der Waals surface area contributed by atoms with Crippen LogP contribution >= 0.6 is 7.82 Å². The fourth-order valence-corrected chi connectivity index (χ4v) is 7.21. The molecule has 0 aromatic heterocycles. The maximum atomic E-state index is 12.8. The van der Waals surface area contributed by atoms with Crippen LogP contribution in [0.4, 0.5) is 0 Å². The molecule has 0 saturated heterocycles. The number of hydrogen-bond acceptors (Lipinski definition) is 6. The van der Waals surface area contributed by atoms with Crippen LogP contribution in [0.2, 0.25) is 0 Å². The number of phosphoric ester groups is 1. The Kier molecular flexibility index (Phi) is 45.8. The summed E-state index contributed by atoms with van der Waals surface area (Å²) in [6.45, 7) is 4.48. The Morgan fingerprint density at radius 3 is 1.28 bits per heavy atom. The molecule has 0 bridgehead atoms. The number of allylic oxidation sites excluding steroid dienone is 24. The van der Waals surface area contributed by atoms with Crippen LogP contribution in [0.15, 0.2) is 146 Å². The first-order chi connectivity index (χ1) is 33.0. The van der Waals surface area contributed by atoms with E-state index in [0.717, 1.165) is 109 Å². The average molecular weight is 961 g/mol. The number of hydrogen-bond donors (Lipinski definition) is 2. The van der Waals surface area contributed by atoms with Gasteiger partial charge in [-0.3, -0.25) is 9.36 Å². The van der Waals surface area contributed by atoms with Crippen molar-refractivity contribution in [3.8, 4) is 0 Å². The van der Waals surface area contributed by atoms with Gasteiger partial charge in [0, 0.05) is 6.42 Å². The van der Waals surface area contributed by atoms with Crippen molar-refractivity contribution < 1.29 is 32.9 Å². The number of aliphatic hydroxyl groups is 1. The Balaban J connectivity index is 4.14. The third-order valence-electron chi connectivity index (χ3n) is 10.6. The molecule has 0 saturated carbocycles. The number of aliphatic hydroxyl groups excluding tert-OH is 1. The van der Waals surface area contributed by atoms with Gasteiger partial charge in [0.2, 0.25) is 5.91 Å². The number of nitrogens with one attached hydrogen (secondary N) is 1. The minimum absolute atomic E-state index is 0.00519. The Bertz CT molecular complexity index is 1610. The molecular weight excluding hydrogens is 864 g/mol. The summed E-state index contributed by atoms with van der Waals surface area (Å²) in [5.74, 6) is -0.219. The SMILES string of the molecule is CC/C=C\C/C=C\C/C=C\C/C=C\C/C=C\C/C=C\C/C=C\C/C=C\C/C=C\C/C=C\C/C=C\C/C=C\CCCCC(=O)NC(COP(=O)([O-])OCC[N+](C)(C)C)C(O)CCCCCCCCC. The van der Waals surface area contributed by atoms with Crippen molar-refractivity contribution in [2.45, 2.75) is 180 Å². The monoisotopic (exact) mass is 961 g/mol. The summed E-state index contributed by atoms with van der Waals surface area (Å²) in [6.07, 6.45) is 74.8. The Morgan fingerprint density at radius 1 is 0.529 bits per heavy atom. The summed E-state index contributed by atoms with van der Waals surface area (Å²) in [5, 5.41) is 13.8. The highest BCUT2D eigenvalue weighted by molar-refractivity contribution is 7.45. The Labute approximate surface area is 417 Å². The van der Waals surface area contributed by atoms with Crippen LogP contribution in [0.1, 0.15) is 168 Å². The smallest absolute Gasteiger partial charge is 0.268 e. The van der Waals surface area contributed by atoms with Gasteiger partial charge in [0.1, 0.15) is 13.2 Å². The number of quaternary nitrogens is 1. The Hall–Kier alpha value is -3.62.